The Bertz CT molecular complexity index is 2320. The summed E-state index contributed by atoms with van der Waals surface area (Å²) in [5, 5.41) is 3.41. The zero-order chi connectivity index (χ0) is 31.1. The first-order chi connectivity index (χ1) is 22.6. The van der Waals surface area contributed by atoms with E-state index in [1.54, 1.807) is 11.3 Å². The first kappa shape index (κ1) is 30.9. The van der Waals surface area contributed by atoms with Crippen molar-refractivity contribution in [3.05, 3.63) is 169 Å². The Morgan fingerprint density at radius 2 is 1.40 bits per heavy atom. The van der Waals surface area contributed by atoms with E-state index in [0.29, 0.717) is 0 Å². The molecule has 0 aliphatic heterocycles. The molecule has 0 bridgehead atoms. The van der Waals surface area contributed by atoms with Gasteiger partial charge in [-0.25, -0.2) is 0 Å². The third-order valence-electron chi connectivity index (χ3n) is 8.88. The summed E-state index contributed by atoms with van der Waals surface area (Å²) < 4.78 is 1.21. The number of rotatable bonds is 3. The fourth-order valence-corrected chi connectivity index (χ4v) is 7.44. The van der Waals surface area contributed by atoms with Crippen LogP contribution in [0.15, 0.2) is 146 Å². The number of benzene rings is 6. The molecule has 9 rings (SSSR count). The van der Waals surface area contributed by atoms with E-state index in [-0.39, 0.29) is 25.5 Å². The molecule has 0 fully saturated rings. The van der Waals surface area contributed by atoms with Crippen LogP contribution in [-0.4, -0.2) is 9.97 Å². The van der Waals surface area contributed by atoms with Gasteiger partial charge in [0.05, 0.1) is 5.52 Å². The first-order valence-corrected chi connectivity index (χ1v) is 16.3. The summed E-state index contributed by atoms with van der Waals surface area (Å²) in [5.41, 5.74) is 12.0. The molecule has 2 heterocycles. The molecule has 1 radical (unpaired) electrons. The van der Waals surface area contributed by atoms with Gasteiger partial charge in [0.1, 0.15) is 0 Å². The van der Waals surface area contributed by atoms with Crippen molar-refractivity contribution in [1.29, 1.82) is 0 Å². The molecule has 47 heavy (non-hydrogen) atoms. The summed E-state index contributed by atoms with van der Waals surface area (Å²) in [7, 11) is 0. The summed E-state index contributed by atoms with van der Waals surface area (Å²) in [4.78, 5) is 9.37. The van der Waals surface area contributed by atoms with Crippen LogP contribution in [0.4, 0.5) is 0 Å². The number of nitrogens with zero attached hydrogens (tertiary/aromatic N) is 2. The molecule has 1 aliphatic rings. The summed E-state index contributed by atoms with van der Waals surface area (Å²) in [6, 6.07) is 55.2. The van der Waals surface area contributed by atoms with Crippen molar-refractivity contribution in [1.82, 2.24) is 9.97 Å². The van der Waals surface area contributed by atoms with Crippen molar-refractivity contribution in [2.24, 2.45) is 0 Å². The predicted molar refractivity (Wildman–Crippen MR) is 193 cm³/mol. The van der Waals surface area contributed by atoms with Crippen molar-refractivity contribution in [3.63, 3.8) is 0 Å². The van der Waals surface area contributed by atoms with Crippen molar-refractivity contribution >= 4 is 32.3 Å². The minimum atomic E-state index is 0. The van der Waals surface area contributed by atoms with Gasteiger partial charge in [-0.3, -0.25) is 4.98 Å². The van der Waals surface area contributed by atoms with Crippen LogP contribution in [0.3, 0.4) is 0 Å². The normalized spacial score (nSPS) is 12.5. The molecule has 0 amide bonds. The molecular formula is C43H30IrN2S-2. The van der Waals surface area contributed by atoms with Crippen LogP contribution in [0.5, 0.6) is 0 Å². The first-order valence-electron chi connectivity index (χ1n) is 15.5. The quantitative estimate of drug-likeness (QED) is 0.166. The van der Waals surface area contributed by atoms with E-state index in [9.17, 15) is 0 Å². The Kier molecular flexibility index (Phi) is 8.42. The average Bonchev–Trinajstić information content (AvgIpc) is 3.65. The van der Waals surface area contributed by atoms with Crippen LogP contribution in [0.2, 0.25) is 0 Å². The number of fused-ring (bicyclic) bond motifs is 5. The van der Waals surface area contributed by atoms with E-state index in [4.69, 9.17) is 4.98 Å². The van der Waals surface area contributed by atoms with E-state index in [2.05, 4.69) is 146 Å². The molecule has 1 aliphatic carbocycles. The van der Waals surface area contributed by atoms with Gasteiger partial charge in [-0.05, 0) is 51.2 Å². The Morgan fingerprint density at radius 3 is 2.28 bits per heavy atom. The SMILES string of the molecule is CC1(C)c2ccccc2-c2c[c-]c(-c3nccc4ccccc34)cc21.[Ir].[c-]1ccc(-c2ccccc2)cc1-c1nc2ccccc2s1. The summed E-state index contributed by atoms with van der Waals surface area (Å²) >= 11 is 1.71. The van der Waals surface area contributed by atoms with Gasteiger partial charge in [-0.15, -0.1) is 64.7 Å². The van der Waals surface area contributed by atoms with Gasteiger partial charge in [0.15, 0.2) is 0 Å². The van der Waals surface area contributed by atoms with E-state index in [0.717, 1.165) is 27.3 Å². The van der Waals surface area contributed by atoms with Gasteiger partial charge in [0.2, 0.25) is 0 Å². The van der Waals surface area contributed by atoms with Gasteiger partial charge in [-0.2, -0.15) is 11.3 Å². The molecule has 0 spiro atoms. The standard InChI is InChI=1S/C24H18N.C19H12NS.Ir/c1-24(2)21-10-6-5-9-19(21)20-12-11-17(15-22(20)24)23-18-8-4-3-7-16(18)13-14-25-23;1-2-7-14(8-3-1)15-9-6-10-16(13-15)19-20-17-11-4-5-12-18(17)21-19;/h3-10,12-15H,1-2H3;1-9,11-13H;/q2*-1;. The van der Waals surface area contributed by atoms with Gasteiger partial charge >= 0.3 is 0 Å². The van der Waals surface area contributed by atoms with Gasteiger partial charge in [-0.1, -0.05) is 116 Å². The number of hydrogen-bond donors (Lipinski definition) is 0. The second kappa shape index (κ2) is 12.8. The minimum Gasteiger partial charge on any atom is -0.304 e. The maximum absolute atomic E-state index is 4.71. The third-order valence-corrected chi connectivity index (χ3v) is 9.95. The van der Waals surface area contributed by atoms with Crippen LogP contribution in [0.25, 0.3) is 65.1 Å². The monoisotopic (exact) mass is 799 g/mol. The molecule has 229 valence electrons. The number of hydrogen-bond acceptors (Lipinski definition) is 3. The van der Waals surface area contributed by atoms with E-state index in [1.165, 1.54) is 48.9 Å². The fraction of sp³-hybridized carbons (Fsp3) is 0.0698. The van der Waals surface area contributed by atoms with Crippen LogP contribution >= 0.6 is 11.3 Å². The molecular weight excluding hydrogens is 769 g/mol. The van der Waals surface area contributed by atoms with Crippen molar-refractivity contribution in [2.75, 3.05) is 0 Å². The molecule has 2 aromatic heterocycles. The molecule has 0 saturated carbocycles. The minimum absolute atomic E-state index is 0. The topological polar surface area (TPSA) is 25.8 Å². The predicted octanol–water partition coefficient (Wildman–Crippen LogP) is 11.4. The van der Waals surface area contributed by atoms with Crippen molar-refractivity contribution < 1.29 is 20.1 Å². The maximum Gasteiger partial charge on any atom is 0.0697 e. The Hall–Kier alpha value is -4.73. The van der Waals surface area contributed by atoms with Gasteiger partial charge in [0.25, 0.3) is 0 Å². The van der Waals surface area contributed by atoms with Crippen LogP contribution < -0.4 is 0 Å². The maximum atomic E-state index is 4.71. The molecule has 2 nitrogen and oxygen atoms in total. The van der Waals surface area contributed by atoms with Crippen molar-refractivity contribution in [3.8, 4) is 44.1 Å². The Balaban J connectivity index is 0.000000148. The summed E-state index contributed by atoms with van der Waals surface area (Å²) in [6.07, 6.45) is 1.89. The van der Waals surface area contributed by atoms with Gasteiger partial charge in [0, 0.05) is 36.0 Å². The molecule has 4 heteroatoms. The second-order valence-electron chi connectivity index (χ2n) is 12.1. The molecule has 0 unspecified atom stereocenters. The number of aromatic nitrogens is 2. The number of pyridine rings is 1. The average molecular weight is 799 g/mol. The largest absolute Gasteiger partial charge is 0.304 e. The molecule has 8 aromatic rings. The second-order valence-corrected chi connectivity index (χ2v) is 13.1. The Morgan fingerprint density at radius 1 is 0.638 bits per heavy atom. The third kappa shape index (κ3) is 5.74. The van der Waals surface area contributed by atoms with Gasteiger partial charge < -0.3 is 4.98 Å². The van der Waals surface area contributed by atoms with Crippen LogP contribution in [0, 0.1) is 12.1 Å². The zero-order valence-corrected chi connectivity index (χ0v) is 29.2. The molecule has 6 aromatic carbocycles. The zero-order valence-electron chi connectivity index (χ0n) is 26.0. The fourth-order valence-electron chi connectivity index (χ4n) is 6.50. The molecule has 0 atom stereocenters. The summed E-state index contributed by atoms with van der Waals surface area (Å²) in [6.45, 7) is 4.61. The molecule has 0 N–H and O–H groups in total. The van der Waals surface area contributed by atoms with E-state index < -0.39 is 0 Å². The number of thiazole rings is 1. The molecule has 0 saturated heterocycles. The van der Waals surface area contributed by atoms with E-state index in [1.807, 2.05) is 30.5 Å². The Labute approximate surface area is 293 Å². The van der Waals surface area contributed by atoms with E-state index >= 15 is 0 Å². The van der Waals surface area contributed by atoms with Crippen molar-refractivity contribution in [2.45, 2.75) is 19.3 Å². The van der Waals surface area contributed by atoms with Crippen LogP contribution in [0.1, 0.15) is 25.0 Å². The number of para-hydroxylation sites is 1. The van der Waals surface area contributed by atoms with Crippen LogP contribution in [-0.2, 0) is 25.5 Å². The summed E-state index contributed by atoms with van der Waals surface area (Å²) in [5.74, 6) is 0. The smallest absolute Gasteiger partial charge is 0.0697 e.